The van der Waals surface area contributed by atoms with Crippen LogP contribution in [0.25, 0.3) is 17.1 Å². The molecule has 1 unspecified atom stereocenters. The lowest BCUT2D eigenvalue weighted by molar-refractivity contribution is 0.277. The number of aromatic amines is 1. The first kappa shape index (κ1) is 20.7. The van der Waals surface area contributed by atoms with Crippen molar-refractivity contribution in [1.29, 1.82) is 0 Å². The lowest BCUT2D eigenvalue weighted by Gasteiger charge is -2.15. The highest BCUT2D eigenvalue weighted by atomic mass is 35.5. The highest BCUT2D eigenvalue weighted by Crippen LogP contribution is 2.17. The van der Waals surface area contributed by atoms with Gasteiger partial charge < -0.3 is 15.8 Å². The molecule has 0 radical (unpaired) electrons. The number of fused-ring (bicyclic) bond motifs is 1. The van der Waals surface area contributed by atoms with E-state index < -0.39 is 11.7 Å². The smallest absolute Gasteiger partial charge is 0.276 e. The highest BCUT2D eigenvalue weighted by molar-refractivity contribution is 7.80. The van der Waals surface area contributed by atoms with Crippen LogP contribution in [-0.2, 0) is 0 Å². The zero-order valence-corrected chi connectivity index (χ0v) is 17.0. The summed E-state index contributed by atoms with van der Waals surface area (Å²) in [5, 5.41) is 15.3. The van der Waals surface area contributed by atoms with Crippen LogP contribution in [0.15, 0.2) is 64.0 Å². The molecule has 0 aliphatic heterocycles. The molecular weight excluding hydrogens is 410 g/mol. The molecule has 29 heavy (non-hydrogen) atoms. The largest absolute Gasteiger partial charge is 0.382 e. The number of halogens is 1. The Labute approximate surface area is 176 Å². The second kappa shape index (κ2) is 8.95. The minimum absolute atomic E-state index is 0.0134. The Hall–Kier alpha value is -3.07. The summed E-state index contributed by atoms with van der Waals surface area (Å²) in [6, 6.07) is 14.4. The fraction of sp³-hybridized carbons (Fsp3) is 0.100. The molecule has 0 spiro atoms. The van der Waals surface area contributed by atoms with Crippen LogP contribution in [0.2, 0.25) is 5.02 Å². The molecule has 0 aliphatic carbocycles. The van der Waals surface area contributed by atoms with Crippen molar-refractivity contribution in [3.8, 4) is 0 Å². The highest BCUT2D eigenvalue weighted by Gasteiger charge is 2.22. The van der Waals surface area contributed by atoms with Gasteiger partial charge in [-0.15, -0.1) is 0 Å². The van der Waals surface area contributed by atoms with Gasteiger partial charge in [-0.2, -0.15) is 5.10 Å². The Morgan fingerprint density at radius 1 is 1.34 bits per heavy atom. The number of thiocarbonyl (C=S) groups is 1. The molecule has 3 rings (SSSR count). The monoisotopic (exact) mass is 427 g/mol. The van der Waals surface area contributed by atoms with Crippen LogP contribution < -0.4 is 16.7 Å². The Balaban J connectivity index is 2.09. The lowest BCUT2D eigenvalue weighted by atomic mass is 10.0. The fourth-order valence-electron chi connectivity index (χ4n) is 2.70. The first-order valence-corrected chi connectivity index (χ1v) is 9.38. The van der Waals surface area contributed by atoms with E-state index in [9.17, 15) is 9.90 Å². The molecule has 3 aromatic rings. The van der Waals surface area contributed by atoms with Crippen LogP contribution in [0.1, 0.15) is 18.2 Å². The van der Waals surface area contributed by atoms with Gasteiger partial charge in [0, 0.05) is 5.02 Å². The van der Waals surface area contributed by atoms with Crippen LogP contribution in [0.4, 0.5) is 0 Å². The van der Waals surface area contributed by atoms with Gasteiger partial charge in [0.15, 0.2) is 10.8 Å². The van der Waals surface area contributed by atoms with Crippen molar-refractivity contribution in [1.82, 2.24) is 15.4 Å². The summed E-state index contributed by atoms with van der Waals surface area (Å²) >= 11 is 10.8. The van der Waals surface area contributed by atoms with Crippen molar-refractivity contribution in [3.63, 3.8) is 0 Å². The lowest BCUT2D eigenvalue weighted by Crippen LogP contribution is -2.34. The Kier molecular flexibility index (Phi) is 6.38. The molecule has 0 fully saturated rings. The summed E-state index contributed by atoms with van der Waals surface area (Å²) in [7, 11) is 0. The molecule has 0 aliphatic rings. The van der Waals surface area contributed by atoms with Crippen molar-refractivity contribution in [2.24, 2.45) is 10.8 Å². The SMILES string of the molecule is CC(=Cc1ccccc1)C(O)/C(=N\NC(N)=S)c1nc2ccc(Cl)cc2[nH]c1=O. The number of H-pyrrole nitrogens is 1. The number of rotatable bonds is 5. The van der Waals surface area contributed by atoms with Gasteiger partial charge in [0.2, 0.25) is 0 Å². The summed E-state index contributed by atoms with van der Waals surface area (Å²) in [4.78, 5) is 19.7. The van der Waals surface area contributed by atoms with Gasteiger partial charge in [-0.1, -0.05) is 48.0 Å². The molecule has 1 aromatic heterocycles. The van der Waals surface area contributed by atoms with Crippen molar-refractivity contribution in [2.75, 3.05) is 0 Å². The molecule has 1 heterocycles. The molecule has 1 atom stereocenters. The maximum absolute atomic E-state index is 12.7. The maximum atomic E-state index is 12.7. The number of nitrogens with one attached hydrogen (secondary N) is 2. The minimum atomic E-state index is -1.23. The van der Waals surface area contributed by atoms with Crippen molar-refractivity contribution >= 4 is 51.8 Å². The van der Waals surface area contributed by atoms with E-state index in [0.29, 0.717) is 21.6 Å². The predicted octanol–water partition coefficient (Wildman–Crippen LogP) is 2.58. The number of aliphatic hydroxyl groups is 1. The fourth-order valence-corrected chi connectivity index (χ4v) is 2.92. The minimum Gasteiger partial charge on any atom is -0.382 e. The average molecular weight is 428 g/mol. The van der Waals surface area contributed by atoms with E-state index in [1.54, 1.807) is 31.2 Å². The number of nitrogens with zero attached hydrogens (tertiary/aromatic N) is 2. The number of nitrogens with two attached hydrogens (primary N) is 1. The Morgan fingerprint density at radius 2 is 2.07 bits per heavy atom. The first-order chi connectivity index (χ1) is 13.8. The third kappa shape index (κ3) is 5.05. The van der Waals surface area contributed by atoms with Crippen LogP contribution in [0.3, 0.4) is 0 Å². The van der Waals surface area contributed by atoms with E-state index in [2.05, 4.69) is 20.5 Å². The molecule has 5 N–H and O–H groups in total. The molecule has 148 valence electrons. The average Bonchev–Trinajstić information content (AvgIpc) is 2.68. The van der Waals surface area contributed by atoms with E-state index in [1.165, 1.54) is 0 Å². The molecule has 9 heteroatoms. The number of aliphatic hydroxyl groups excluding tert-OH is 1. The number of hydrogen-bond donors (Lipinski definition) is 4. The van der Waals surface area contributed by atoms with Crippen molar-refractivity contribution in [2.45, 2.75) is 13.0 Å². The topological polar surface area (TPSA) is 116 Å². The third-order valence-electron chi connectivity index (χ3n) is 4.07. The summed E-state index contributed by atoms with van der Waals surface area (Å²) in [5.41, 5.74) is 9.68. The number of aromatic nitrogens is 2. The van der Waals surface area contributed by atoms with Gasteiger partial charge in [0.1, 0.15) is 11.8 Å². The normalized spacial score (nSPS) is 13.3. The van der Waals surface area contributed by atoms with Crippen LogP contribution >= 0.6 is 23.8 Å². The summed E-state index contributed by atoms with van der Waals surface area (Å²) in [6.45, 7) is 1.73. The summed E-state index contributed by atoms with van der Waals surface area (Å²) in [6.07, 6.45) is 0.561. The number of hydrogen-bond acceptors (Lipinski definition) is 5. The molecule has 0 saturated carbocycles. The van der Waals surface area contributed by atoms with Crippen LogP contribution in [0.5, 0.6) is 0 Å². The van der Waals surface area contributed by atoms with Gasteiger partial charge in [0.05, 0.1) is 11.0 Å². The molecule has 7 nitrogen and oxygen atoms in total. The molecular formula is C20H18ClN5O2S. The van der Waals surface area contributed by atoms with Crippen LogP contribution in [-0.4, -0.2) is 32.0 Å². The molecule has 0 bridgehead atoms. The molecule has 0 amide bonds. The van der Waals surface area contributed by atoms with Gasteiger partial charge in [-0.25, -0.2) is 4.98 Å². The first-order valence-electron chi connectivity index (χ1n) is 8.59. The summed E-state index contributed by atoms with van der Waals surface area (Å²) in [5.74, 6) is 0. The Morgan fingerprint density at radius 3 is 2.76 bits per heavy atom. The third-order valence-corrected chi connectivity index (χ3v) is 4.39. The quantitative estimate of drug-likeness (QED) is 0.282. The zero-order valence-electron chi connectivity index (χ0n) is 15.4. The standard InChI is InChI=1S/C20H18ClN5O2S/c1-11(9-12-5-3-2-4-6-12)18(27)16(25-26-20(22)29)17-19(28)24-15-10-13(21)7-8-14(15)23-17/h2-10,18,27H,1H3,(H,24,28)(H3,22,26,29)/b11-9?,25-16-. The second-order valence-corrected chi connectivity index (χ2v) is 7.13. The summed E-state index contributed by atoms with van der Waals surface area (Å²) < 4.78 is 0. The van der Waals surface area contributed by atoms with E-state index in [1.807, 2.05) is 30.3 Å². The van der Waals surface area contributed by atoms with Crippen molar-refractivity contribution < 1.29 is 5.11 Å². The number of benzene rings is 2. The van der Waals surface area contributed by atoms with E-state index >= 15 is 0 Å². The van der Waals surface area contributed by atoms with Gasteiger partial charge >= 0.3 is 0 Å². The molecule has 0 saturated heterocycles. The van der Waals surface area contributed by atoms with E-state index in [4.69, 9.17) is 29.6 Å². The maximum Gasteiger partial charge on any atom is 0.276 e. The zero-order chi connectivity index (χ0) is 21.0. The molecule has 2 aromatic carbocycles. The van der Waals surface area contributed by atoms with E-state index in [-0.39, 0.29) is 16.5 Å². The van der Waals surface area contributed by atoms with Crippen molar-refractivity contribution in [3.05, 3.63) is 80.7 Å². The van der Waals surface area contributed by atoms with Gasteiger partial charge in [0.25, 0.3) is 5.56 Å². The second-order valence-electron chi connectivity index (χ2n) is 6.25. The van der Waals surface area contributed by atoms with Gasteiger partial charge in [-0.3, -0.25) is 10.2 Å². The Bertz CT molecular complexity index is 1170. The van der Waals surface area contributed by atoms with Crippen LogP contribution in [0, 0.1) is 0 Å². The predicted molar refractivity (Wildman–Crippen MR) is 120 cm³/mol. The number of hydrazone groups is 1. The van der Waals surface area contributed by atoms with E-state index in [0.717, 1.165) is 5.56 Å². The van der Waals surface area contributed by atoms with Gasteiger partial charge in [-0.05, 0) is 48.5 Å².